The first-order valence-corrected chi connectivity index (χ1v) is 7.81. The Balaban J connectivity index is 1.65. The van der Waals surface area contributed by atoms with Crippen molar-refractivity contribution in [2.45, 2.75) is 20.3 Å². The number of rotatable bonds is 4. The smallest absolute Gasteiger partial charge is 0.308 e. The number of benzene rings is 2. The van der Waals surface area contributed by atoms with Gasteiger partial charge in [-0.05, 0) is 49.2 Å². The van der Waals surface area contributed by atoms with Gasteiger partial charge in [-0.25, -0.2) is 9.48 Å². The molecule has 0 saturated carbocycles. The van der Waals surface area contributed by atoms with Gasteiger partial charge in [0.05, 0.1) is 17.6 Å². The van der Waals surface area contributed by atoms with Crippen molar-refractivity contribution in [1.82, 2.24) is 15.0 Å². The lowest BCUT2D eigenvalue weighted by Gasteiger charge is -2.10. The minimum absolute atomic E-state index is 0.272. The van der Waals surface area contributed by atoms with Crippen LogP contribution in [0.5, 0.6) is 0 Å². The molecule has 0 unspecified atom stereocenters. The Morgan fingerprint density at radius 2 is 1.83 bits per heavy atom. The molecule has 2 amide bonds. The van der Waals surface area contributed by atoms with E-state index < -0.39 is 0 Å². The molecule has 1 aromatic heterocycles. The average molecular weight is 321 g/mol. The molecule has 0 aliphatic carbocycles. The van der Waals surface area contributed by atoms with Crippen molar-refractivity contribution < 1.29 is 4.79 Å². The van der Waals surface area contributed by atoms with Crippen LogP contribution >= 0.6 is 0 Å². The lowest BCUT2D eigenvalue weighted by Crippen LogP contribution is -2.19. The maximum Gasteiger partial charge on any atom is 0.323 e. The molecular weight excluding hydrogens is 302 g/mol. The van der Waals surface area contributed by atoms with E-state index in [0.29, 0.717) is 5.69 Å². The zero-order valence-corrected chi connectivity index (χ0v) is 13.7. The fourth-order valence-corrected chi connectivity index (χ4v) is 2.28. The van der Waals surface area contributed by atoms with Crippen LogP contribution in [0.4, 0.5) is 16.2 Å². The molecule has 6 nitrogen and oxygen atoms in total. The molecule has 0 aliphatic rings. The summed E-state index contributed by atoms with van der Waals surface area (Å²) in [6, 6.07) is 14.8. The number of nitrogens with zero attached hydrogens (tertiary/aromatic N) is 3. The van der Waals surface area contributed by atoms with Crippen LogP contribution in [0.15, 0.2) is 54.7 Å². The van der Waals surface area contributed by atoms with Gasteiger partial charge in [-0.15, -0.1) is 5.10 Å². The minimum Gasteiger partial charge on any atom is -0.308 e. The SMILES string of the molecule is CCc1cn(-c2ccc(NC(=O)Nc3ccccc3C)cc2)nn1. The number of nitrogens with one attached hydrogen (secondary N) is 2. The van der Waals surface area contributed by atoms with Crippen molar-refractivity contribution in [3.63, 3.8) is 0 Å². The third kappa shape index (κ3) is 3.60. The predicted molar refractivity (Wildman–Crippen MR) is 94.6 cm³/mol. The topological polar surface area (TPSA) is 71.8 Å². The highest BCUT2D eigenvalue weighted by molar-refractivity contribution is 6.00. The summed E-state index contributed by atoms with van der Waals surface area (Å²) < 4.78 is 1.72. The van der Waals surface area contributed by atoms with Crippen molar-refractivity contribution in [2.24, 2.45) is 0 Å². The number of anilines is 2. The summed E-state index contributed by atoms with van der Waals surface area (Å²) in [7, 11) is 0. The molecule has 0 radical (unpaired) electrons. The molecule has 0 spiro atoms. The third-order valence-electron chi connectivity index (χ3n) is 3.69. The zero-order chi connectivity index (χ0) is 16.9. The summed E-state index contributed by atoms with van der Waals surface area (Å²) in [4.78, 5) is 12.1. The summed E-state index contributed by atoms with van der Waals surface area (Å²) in [5.74, 6) is 0. The second-order valence-electron chi connectivity index (χ2n) is 5.45. The van der Waals surface area contributed by atoms with Gasteiger partial charge in [0, 0.05) is 11.4 Å². The molecule has 0 saturated heterocycles. The molecule has 0 aliphatic heterocycles. The van der Waals surface area contributed by atoms with Crippen LogP contribution in [0.2, 0.25) is 0 Å². The average Bonchev–Trinajstić information content (AvgIpc) is 3.07. The second kappa shape index (κ2) is 6.95. The van der Waals surface area contributed by atoms with Crippen LogP contribution in [0.1, 0.15) is 18.2 Å². The first kappa shape index (κ1) is 15.7. The molecule has 2 aromatic carbocycles. The van der Waals surface area contributed by atoms with Crippen LogP contribution in [0, 0.1) is 6.92 Å². The molecule has 3 rings (SSSR count). The summed E-state index contributed by atoms with van der Waals surface area (Å²) in [6.07, 6.45) is 2.74. The lowest BCUT2D eigenvalue weighted by molar-refractivity contribution is 0.262. The Hall–Kier alpha value is -3.15. The van der Waals surface area contributed by atoms with Gasteiger partial charge in [0.25, 0.3) is 0 Å². The summed E-state index contributed by atoms with van der Waals surface area (Å²) >= 11 is 0. The van der Waals surface area contributed by atoms with Gasteiger partial charge in [0.2, 0.25) is 0 Å². The van der Waals surface area contributed by atoms with E-state index in [1.165, 1.54) is 0 Å². The maximum absolute atomic E-state index is 12.1. The van der Waals surface area contributed by atoms with E-state index in [1.807, 2.05) is 68.6 Å². The highest BCUT2D eigenvalue weighted by atomic mass is 16.2. The van der Waals surface area contributed by atoms with Gasteiger partial charge >= 0.3 is 6.03 Å². The molecule has 0 bridgehead atoms. The first-order valence-electron chi connectivity index (χ1n) is 7.81. The zero-order valence-electron chi connectivity index (χ0n) is 13.7. The van der Waals surface area contributed by atoms with Crippen LogP contribution in [-0.2, 0) is 6.42 Å². The van der Waals surface area contributed by atoms with Crippen LogP contribution < -0.4 is 10.6 Å². The quantitative estimate of drug-likeness (QED) is 0.768. The van der Waals surface area contributed by atoms with E-state index in [2.05, 4.69) is 20.9 Å². The van der Waals surface area contributed by atoms with E-state index in [0.717, 1.165) is 29.1 Å². The van der Waals surface area contributed by atoms with Crippen molar-refractivity contribution in [3.8, 4) is 5.69 Å². The van der Waals surface area contributed by atoms with Gasteiger partial charge in [-0.2, -0.15) is 0 Å². The standard InChI is InChI=1S/C18H19N5O/c1-3-14-12-23(22-21-14)16-10-8-15(9-11-16)19-18(24)20-17-7-5-4-6-13(17)2/h4-12H,3H2,1-2H3,(H2,19,20,24). The molecule has 24 heavy (non-hydrogen) atoms. The fraction of sp³-hybridized carbons (Fsp3) is 0.167. The van der Waals surface area contributed by atoms with E-state index >= 15 is 0 Å². The largest absolute Gasteiger partial charge is 0.323 e. The minimum atomic E-state index is -0.272. The van der Waals surface area contributed by atoms with Crippen molar-refractivity contribution in [2.75, 3.05) is 10.6 Å². The Labute approximate surface area is 140 Å². The van der Waals surface area contributed by atoms with Gasteiger partial charge < -0.3 is 10.6 Å². The number of hydrogen-bond acceptors (Lipinski definition) is 3. The molecule has 3 aromatic rings. The molecule has 6 heteroatoms. The van der Waals surface area contributed by atoms with Crippen LogP contribution in [0.25, 0.3) is 5.69 Å². The van der Waals surface area contributed by atoms with E-state index in [1.54, 1.807) is 4.68 Å². The number of carbonyl (C=O) groups excluding carboxylic acids is 1. The number of aryl methyl sites for hydroxylation is 2. The summed E-state index contributed by atoms with van der Waals surface area (Å²) in [5.41, 5.74) is 4.35. The number of amides is 2. The maximum atomic E-state index is 12.1. The normalized spacial score (nSPS) is 10.4. The molecular formula is C18H19N5O. The molecule has 0 atom stereocenters. The van der Waals surface area contributed by atoms with Gasteiger partial charge in [-0.1, -0.05) is 30.3 Å². The Kier molecular flexibility index (Phi) is 4.56. The highest BCUT2D eigenvalue weighted by Crippen LogP contribution is 2.16. The van der Waals surface area contributed by atoms with Crippen LogP contribution in [-0.4, -0.2) is 21.0 Å². The summed E-state index contributed by atoms with van der Waals surface area (Å²) in [6.45, 7) is 3.99. The third-order valence-corrected chi connectivity index (χ3v) is 3.69. The van der Waals surface area contributed by atoms with Gasteiger partial charge in [0.15, 0.2) is 0 Å². The van der Waals surface area contributed by atoms with E-state index in [9.17, 15) is 4.79 Å². The molecule has 122 valence electrons. The number of hydrogen-bond donors (Lipinski definition) is 2. The molecule has 0 fully saturated rings. The first-order chi connectivity index (χ1) is 11.7. The van der Waals surface area contributed by atoms with E-state index in [4.69, 9.17) is 0 Å². The Morgan fingerprint density at radius 3 is 2.50 bits per heavy atom. The lowest BCUT2D eigenvalue weighted by atomic mass is 10.2. The van der Waals surface area contributed by atoms with Gasteiger partial charge in [0.1, 0.15) is 0 Å². The number of carbonyl (C=O) groups is 1. The van der Waals surface area contributed by atoms with Gasteiger partial charge in [-0.3, -0.25) is 0 Å². The Bertz CT molecular complexity index is 839. The molecule has 2 N–H and O–H groups in total. The predicted octanol–water partition coefficient (Wildman–Crippen LogP) is 3.78. The number of aromatic nitrogens is 3. The van der Waals surface area contributed by atoms with Crippen molar-refractivity contribution >= 4 is 17.4 Å². The monoisotopic (exact) mass is 321 g/mol. The summed E-state index contributed by atoms with van der Waals surface area (Å²) in [5, 5.41) is 13.8. The van der Waals surface area contributed by atoms with Crippen molar-refractivity contribution in [3.05, 3.63) is 66.0 Å². The second-order valence-corrected chi connectivity index (χ2v) is 5.45. The van der Waals surface area contributed by atoms with Crippen molar-refractivity contribution in [1.29, 1.82) is 0 Å². The Morgan fingerprint density at radius 1 is 1.08 bits per heavy atom. The number of urea groups is 1. The fourth-order valence-electron chi connectivity index (χ4n) is 2.28. The number of para-hydroxylation sites is 1. The van der Waals surface area contributed by atoms with Crippen LogP contribution in [0.3, 0.4) is 0 Å². The molecule has 1 heterocycles. The highest BCUT2D eigenvalue weighted by Gasteiger charge is 2.05. The van der Waals surface area contributed by atoms with E-state index in [-0.39, 0.29) is 6.03 Å².